The lowest BCUT2D eigenvalue weighted by molar-refractivity contribution is 0.0856. The molecule has 2 N–H and O–H groups in total. The third-order valence-corrected chi connectivity index (χ3v) is 2.19. The number of amides is 1. The summed E-state index contributed by atoms with van der Waals surface area (Å²) >= 11 is 0. The first kappa shape index (κ1) is 13.4. The Hall–Kier alpha value is -1.62. The molecule has 17 heavy (non-hydrogen) atoms. The van der Waals surface area contributed by atoms with E-state index >= 15 is 0 Å². The van der Waals surface area contributed by atoms with Gasteiger partial charge >= 0.3 is 0 Å². The molecular weight excluding hydrogens is 216 g/mol. The van der Waals surface area contributed by atoms with Gasteiger partial charge in [-0.3, -0.25) is 10.2 Å². The molecule has 1 aromatic heterocycles. The Morgan fingerprint density at radius 3 is 2.59 bits per heavy atom. The number of hydrazine groups is 1. The van der Waals surface area contributed by atoms with Gasteiger partial charge in [0.2, 0.25) is 0 Å². The van der Waals surface area contributed by atoms with Crippen molar-refractivity contribution in [3.8, 4) is 0 Å². The molecule has 1 heterocycles. The van der Waals surface area contributed by atoms with Gasteiger partial charge in [-0.25, -0.2) is 9.99 Å². The number of nitrogens with zero attached hydrogens (tertiary/aromatic N) is 2. The Morgan fingerprint density at radius 2 is 2.06 bits per heavy atom. The van der Waals surface area contributed by atoms with Crippen molar-refractivity contribution in [2.24, 2.45) is 0 Å². The number of aryl methyl sites for hydroxylation is 1. The van der Waals surface area contributed by atoms with Gasteiger partial charge in [0.15, 0.2) is 0 Å². The molecule has 0 aliphatic carbocycles. The number of carbonyl (C=O) groups excluding carboxylic acids is 1. The fourth-order valence-electron chi connectivity index (χ4n) is 1.44. The van der Waals surface area contributed by atoms with E-state index in [1.807, 2.05) is 19.9 Å². The lowest BCUT2D eigenvalue weighted by Gasteiger charge is -2.13. The van der Waals surface area contributed by atoms with Gasteiger partial charge < -0.3 is 5.32 Å². The number of carbonyl (C=O) groups is 1. The lowest BCUT2D eigenvalue weighted by atomic mass is 10.2. The van der Waals surface area contributed by atoms with E-state index in [-0.39, 0.29) is 5.91 Å². The molecule has 0 fully saturated rings. The van der Waals surface area contributed by atoms with E-state index in [2.05, 4.69) is 15.7 Å². The van der Waals surface area contributed by atoms with Crippen LogP contribution in [0, 0.1) is 0 Å². The summed E-state index contributed by atoms with van der Waals surface area (Å²) in [6, 6.07) is 3.58. The van der Waals surface area contributed by atoms with E-state index in [9.17, 15) is 4.79 Å². The average molecular weight is 236 g/mol. The molecule has 1 aromatic rings. The summed E-state index contributed by atoms with van der Waals surface area (Å²) in [6.07, 6.45) is 0.807. The smallest absolute Gasteiger partial charge is 0.265 e. The van der Waals surface area contributed by atoms with Crippen LogP contribution < -0.4 is 10.7 Å². The van der Waals surface area contributed by atoms with E-state index in [4.69, 9.17) is 0 Å². The zero-order valence-electron chi connectivity index (χ0n) is 10.9. The summed E-state index contributed by atoms with van der Waals surface area (Å²) in [5.41, 5.74) is 4.25. The minimum Gasteiger partial charge on any atom is -0.370 e. The largest absolute Gasteiger partial charge is 0.370 e. The first-order valence-electron chi connectivity index (χ1n) is 5.80. The number of pyridine rings is 1. The third-order valence-electron chi connectivity index (χ3n) is 2.19. The van der Waals surface area contributed by atoms with Crippen molar-refractivity contribution in [2.75, 3.05) is 26.0 Å². The van der Waals surface area contributed by atoms with E-state index < -0.39 is 0 Å². The third kappa shape index (κ3) is 4.03. The van der Waals surface area contributed by atoms with E-state index in [0.29, 0.717) is 5.56 Å². The molecule has 0 radical (unpaired) electrons. The van der Waals surface area contributed by atoms with Crippen molar-refractivity contribution in [1.29, 1.82) is 0 Å². The van der Waals surface area contributed by atoms with Gasteiger partial charge in [-0.1, -0.05) is 6.92 Å². The monoisotopic (exact) mass is 236 g/mol. The van der Waals surface area contributed by atoms with Crippen LogP contribution in [-0.4, -0.2) is 36.5 Å². The molecule has 0 bridgehead atoms. The number of anilines is 1. The van der Waals surface area contributed by atoms with Crippen LogP contribution in [0.2, 0.25) is 0 Å². The Morgan fingerprint density at radius 1 is 1.35 bits per heavy atom. The van der Waals surface area contributed by atoms with Crippen LogP contribution in [0.1, 0.15) is 29.9 Å². The molecule has 0 atom stereocenters. The number of hydrogen-bond acceptors (Lipinski definition) is 4. The molecular formula is C12H20N4O. The van der Waals surface area contributed by atoms with Crippen molar-refractivity contribution in [3.63, 3.8) is 0 Å². The zero-order valence-corrected chi connectivity index (χ0v) is 10.9. The molecule has 1 rings (SSSR count). The van der Waals surface area contributed by atoms with Gasteiger partial charge in [-0.05, 0) is 25.5 Å². The molecule has 0 saturated carbocycles. The second kappa shape index (κ2) is 6.20. The van der Waals surface area contributed by atoms with Gasteiger partial charge in [0.1, 0.15) is 5.82 Å². The second-order valence-electron chi connectivity index (χ2n) is 3.95. The predicted octanol–water partition coefficient (Wildman–Crippen LogP) is 1.28. The fraction of sp³-hybridized carbons (Fsp3) is 0.500. The number of rotatable bonds is 5. The standard InChI is InChI=1S/C12H20N4O/c1-5-10-7-9(12(17)15-16(3)4)8-11(14-10)13-6-2/h7-8H,5-6H2,1-4H3,(H,13,14)(H,15,17). The SMILES string of the molecule is CCNc1cc(C(=O)NN(C)C)cc(CC)n1. The maximum Gasteiger partial charge on any atom is 0.265 e. The Labute approximate surface area is 102 Å². The van der Waals surface area contributed by atoms with Gasteiger partial charge in [-0.15, -0.1) is 0 Å². The topological polar surface area (TPSA) is 57.3 Å². The van der Waals surface area contributed by atoms with Crippen LogP contribution in [0.3, 0.4) is 0 Å². The van der Waals surface area contributed by atoms with Crippen LogP contribution >= 0.6 is 0 Å². The molecule has 1 amide bonds. The highest BCUT2D eigenvalue weighted by Crippen LogP contribution is 2.11. The molecule has 5 heteroatoms. The molecule has 0 unspecified atom stereocenters. The van der Waals surface area contributed by atoms with Crippen LogP contribution in [0.4, 0.5) is 5.82 Å². The van der Waals surface area contributed by atoms with Crippen LogP contribution in [0.5, 0.6) is 0 Å². The summed E-state index contributed by atoms with van der Waals surface area (Å²) in [5, 5.41) is 4.75. The molecule has 0 aliphatic heterocycles. The number of aromatic nitrogens is 1. The van der Waals surface area contributed by atoms with E-state index in [0.717, 1.165) is 24.5 Å². The Kier molecular flexibility index (Phi) is 4.90. The quantitative estimate of drug-likeness (QED) is 0.756. The van der Waals surface area contributed by atoms with Crippen LogP contribution in [-0.2, 0) is 6.42 Å². The molecule has 0 aliphatic rings. The van der Waals surface area contributed by atoms with Crippen molar-refractivity contribution >= 4 is 11.7 Å². The second-order valence-corrected chi connectivity index (χ2v) is 3.95. The average Bonchev–Trinajstić information content (AvgIpc) is 2.28. The van der Waals surface area contributed by atoms with Crippen molar-refractivity contribution in [2.45, 2.75) is 20.3 Å². The summed E-state index contributed by atoms with van der Waals surface area (Å²) in [5.74, 6) is 0.627. The Bertz CT molecular complexity index is 390. The van der Waals surface area contributed by atoms with E-state index in [1.165, 1.54) is 0 Å². The predicted molar refractivity (Wildman–Crippen MR) is 68.9 cm³/mol. The van der Waals surface area contributed by atoms with Crippen LogP contribution in [0.15, 0.2) is 12.1 Å². The van der Waals surface area contributed by atoms with Gasteiger partial charge in [0.25, 0.3) is 5.91 Å². The van der Waals surface area contributed by atoms with Gasteiger partial charge in [0, 0.05) is 31.9 Å². The molecule has 94 valence electrons. The number of nitrogens with one attached hydrogen (secondary N) is 2. The van der Waals surface area contributed by atoms with Crippen molar-refractivity contribution in [1.82, 2.24) is 15.4 Å². The first-order chi connectivity index (χ1) is 8.06. The summed E-state index contributed by atoms with van der Waals surface area (Å²) < 4.78 is 0. The maximum atomic E-state index is 11.9. The fourth-order valence-corrected chi connectivity index (χ4v) is 1.44. The summed E-state index contributed by atoms with van der Waals surface area (Å²) in [4.78, 5) is 16.3. The molecule has 0 aromatic carbocycles. The first-order valence-corrected chi connectivity index (χ1v) is 5.80. The molecule has 5 nitrogen and oxygen atoms in total. The minimum absolute atomic E-state index is 0.119. The highest BCUT2D eigenvalue weighted by Gasteiger charge is 2.09. The minimum atomic E-state index is -0.119. The zero-order chi connectivity index (χ0) is 12.8. The lowest BCUT2D eigenvalue weighted by Crippen LogP contribution is -2.36. The van der Waals surface area contributed by atoms with Crippen LogP contribution in [0.25, 0.3) is 0 Å². The highest BCUT2D eigenvalue weighted by molar-refractivity contribution is 5.94. The normalized spacial score (nSPS) is 10.4. The summed E-state index contributed by atoms with van der Waals surface area (Å²) in [6.45, 7) is 4.81. The Balaban J connectivity index is 2.97. The van der Waals surface area contributed by atoms with Gasteiger partial charge in [0.05, 0.1) is 0 Å². The molecule has 0 spiro atoms. The molecule has 0 saturated heterocycles. The summed E-state index contributed by atoms with van der Waals surface area (Å²) in [7, 11) is 3.57. The maximum absolute atomic E-state index is 11.9. The van der Waals surface area contributed by atoms with Gasteiger partial charge in [-0.2, -0.15) is 0 Å². The number of hydrogen-bond donors (Lipinski definition) is 2. The highest BCUT2D eigenvalue weighted by atomic mass is 16.2. The van der Waals surface area contributed by atoms with E-state index in [1.54, 1.807) is 25.2 Å². The van der Waals surface area contributed by atoms with Crippen molar-refractivity contribution < 1.29 is 4.79 Å². The van der Waals surface area contributed by atoms with Crippen molar-refractivity contribution in [3.05, 3.63) is 23.4 Å².